The molecule has 0 aromatic heterocycles. The molecule has 0 aromatic rings. The Kier molecular flexibility index (Phi) is 12.5. The van der Waals surface area contributed by atoms with Gasteiger partial charge in [0.05, 0.1) is 19.3 Å². The van der Waals surface area contributed by atoms with Gasteiger partial charge in [-0.15, -0.1) is 0 Å². The van der Waals surface area contributed by atoms with Crippen LogP contribution in [0.4, 0.5) is 0 Å². The zero-order valence-electron chi connectivity index (χ0n) is 12.2. The SMILES string of the molecule is CC.CCOP(COC1CCC(CO)C1)OCC. The predicted molar refractivity (Wildman–Crippen MR) is 75.7 cm³/mol. The van der Waals surface area contributed by atoms with Crippen molar-refractivity contribution >= 4 is 8.38 Å². The molecule has 110 valence electrons. The highest BCUT2D eigenvalue weighted by molar-refractivity contribution is 7.47. The van der Waals surface area contributed by atoms with E-state index in [4.69, 9.17) is 18.9 Å². The van der Waals surface area contributed by atoms with Gasteiger partial charge < -0.3 is 18.9 Å². The molecule has 1 N–H and O–H groups in total. The van der Waals surface area contributed by atoms with Crippen molar-refractivity contribution in [2.45, 2.75) is 53.1 Å². The van der Waals surface area contributed by atoms with Crippen molar-refractivity contribution in [3.8, 4) is 0 Å². The molecular formula is C13H29O4P. The van der Waals surface area contributed by atoms with Gasteiger partial charge >= 0.3 is 0 Å². The highest BCUT2D eigenvalue weighted by atomic mass is 31.2. The Morgan fingerprint density at radius 2 is 1.72 bits per heavy atom. The topological polar surface area (TPSA) is 47.9 Å². The molecule has 4 nitrogen and oxygen atoms in total. The molecule has 0 saturated heterocycles. The smallest absolute Gasteiger partial charge is 0.198 e. The third-order valence-corrected chi connectivity index (χ3v) is 4.17. The standard InChI is InChI=1S/C11H23O4P.C2H6/c1-3-14-16(15-4-2)9-13-11-6-5-10(7-11)8-12;1-2/h10-12H,3-9H2,1-2H3;1-2H3. The molecule has 2 atom stereocenters. The summed E-state index contributed by atoms with van der Waals surface area (Å²) in [7, 11) is -0.880. The van der Waals surface area contributed by atoms with E-state index in [2.05, 4.69) is 0 Å². The number of ether oxygens (including phenoxy) is 1. The fraction of sp³-hybridized carbons (Fsp3) is 1.00. The summed E-state index contributed by atoms with van der Waals surface area (Å²) in [5, 5.41) is 9.03. The molecule has 18 heavy (non-hydrogen) atoms. The van der Waals surface area contributed by atoms with Gasteiger partial charge in [0, 0.05) is 6.61 Å². The molecule has 5 heteroatoms. The van der Waals surface area contributed by atoms with E-state index in [1.165, 1.54) is 0 Å². The first kappa shape index (κ1) is 18.3. The second-order valence-electron chi connectivity index (χ2n) is 3.95. The Balaban J connectivity index is 0.00000137. The first-order valence-electron chi connectivity index (χ1n) is 7.05. The van der Waals surface area contributed by atoms with Crippen molar-refractivity contribution in [2.24, 2.45) is 5.92 Å². The first-order valence-corrected chi connectivity index (χ1v) is 8.42. The number of hydrogen-bond donors (Lipinski definition) is 1. The van der Waals surface area contributed by atoms with Crippen LogP contribution in [0.5, 0.6) is 0 Å². The average molecular weight is 280 g/mol. The number of aliphatic hydroxyl groups excluding tert-OH is 1. The van der Waals surface area contributed by atoms with Gasteiger partial charge in [-0.25, -0.2) is 0 Å². The Hall–Kier alpha value is 0.270. The molecule has 1 fully saturated rings. The van der Waals surface area contributed by atoms with Gasteiger partial charge in [-0.3, -0.25) is 0 Å². The van der Waals surface area contributed by atoms with Crippen LogP contribution in [-0.4, -0.2) is 37.4 Å². The molecule has 1 rings (SSSR count). The summed E-state index contributed by atoms with van der Waals surface area (Å²) >= 11 is 0. The lowest BCUT2D eigenvalue weighted by Crippen LogP contribution is -2.11. The normalized spacial score (nSPS) is 23.0. The predicted octanol–water partition coefficient (Wildman–Crippen LogP) is 3.53. The zero-order valence-corrected chi connectivity index (χ0v) is 13.1. The summed E-state index contributed by atoms with van der Waals surface area (Å²) in [6, 6.07) is 0. The Bertz CT molecular complexity index is 174. The van der Waals surface area contributed by atoms with E-state index >= 15 is 0 Å². The molecule has 0 spiro atoms. The zero-order chi connectivity index (χ0) is 13.8. The Morgan fingerprint density at radius 3 is 2.17 bits per heavy atom. The fourth-order valence-corrected chi connectivity index (χ4v) is 3.04. The fourth-order valence-electron chi connectivity index (χ4n) is 1.91. The van der Waals surface area contributed by atoms with E-state index in [-0.39, 0.29) is 12.7 Å². The highest BCUT2D eigenvalue weighted by Gasteiger charge is 2.25. The largest absolute Gasteiger partial charge is 0.396 e. The van der Waals surface area contributed by atoms with E-state index < -0.39 is 8.38 Å². The molecular weight excluding hydrogens is 251 g/mol. The van der Waals surface area contributed by atoms with E-state index in [0.717, 1.165) is 19.3 Å². The van der Waals surface area contributed by atoms with Gasteiger partial charge in [0.1, 0.15) is 6.35 Å². The maximum absolute atomic E-state index is 9.03. The molecule has 0 aliphatic heterocycles. The van der Waals surface area contributed by atoms with Gasteiger partial charge in [0.2, 0.25) is 0 Å². The molecule has 0 heterocycles. The van der Waals surface area contributed by atoms with Gasteiger partial charge in [-0.05, 0) is 39.0 Å². The van der Waals surface area contributed by atoms with E-state index in [9.17, 15) is 0 Å². The minimum absolute atomic E-state index is 0.281. The molecule has 1 aliphatic rings. The van der Waals surface area contributed by atoms with Crippen LogP contribution in [0.3, 0.4) is 0 Å². The van der Waals surface area contributed by atoms with Crippen LogP contribution in [0, 0.1) is 5.92 Å². The molecule has 0 aromatic carbocycles. The summed E-state index contributed by atoms with van der Waals surface area (Å²) < 4.78 is 16.7. The van der Waals surface area contributed by atoms with Crippen LogP contribution >= 0.6 is 8.38 Å². The van der Waals surface area contributed by atoms with E-state index in [0.29, 0.717) is 25.5 Å². The van der Waals surface area contributed by atoms with Crippen LogP contribution < -0.4 is 0 Å². The number of aliphatic hydroxyl groups is 1. The second kappa shape index (κ2) is 12.3. The van der Waals surface area contributed by atoms with Crippen LogP contribution in [0.25, 0.3) is 0 Å². The summed E-state index contributed by atoms with van der Waals surface area (Å²) in [6.07, 6.45) is 3.93. The van der Waals surface area contributed by atoms with Crippen LogP contribution in [0.1, 0.15) is 47.0 Å². The maximum atomic E-state index is 9.03. The van der Waals surface area contributed by atoms with Crippen molar-refractivity contribution in [1.82, 2.24) is 0 Å². The third-order valence-electron chi connectivity index (χ3n) is 2.71. The summed E-state index contributed by atoms with van der Waals surface area (Å²) in [5.41, 5.74) is 0. The van der Waals surface area contributed by atoms with E-state index in [1.54, 1.807) is 0 Å². The number of rotatable bonds is 8. The van der Waals surface area contributed by atoms with Crippen molar-refractivity contribution in [3.05, 3.63) is 0 Å². The molecule has 0 radical (unpaired) electrons. The minimum Gasteiger partial charge on any atom is -0.396 e. The molecule has 1 saturated carbocycles. The third kappa shape index (κ3) is 7.65. The van der Waals surface area contributed by atoms with Crippen molar-refractivity contribution in [1.29, 1.82) is 0 Å². The Morgan fingerprint density at radius 1 is 1.11 bits per heavy atom. The maximum Gasteiger partial charge on any atom is 0.198 e. The van der Waals surface area contributed by atoms with Crippen LogP contribution in [-0.2, 0) is 13.8 Å². The minimum atomic E-state index is -0.880. The summed E-state index contributed by atoms with van der Waals surface area (Å²) in [6.45, 7) is 9.54. The van der Waals surface area contributed by atoms with Gasteiger partial charge in [-0.2, -0.15) is 0 Å². The van der Waals surface area contributed by atoms with Crippen LogP contribution in [0.15, 0.2) is 0 Å². The lowest BCUT2D eigenvalue weighted by molar-refractivity contribution is 0.0739. The van der Waals surface area contributed by atoms with E-state index in [1.807, 2.05) is 27.7 Å². The molecule has 2 unspecified atom stereocenters. The van der Waals surface area contributed by atoms with Crippen molar-refractivity contribution in [2.75, 3.05) is 26.2 Å². The Labute approximate surface area is 113 Å². The van der Waals surface area contributed by atoms with Crippen molar-refractivity contribution < 1.29 is 18.9 Å². The molecule has 0 bridgehead atoms. The lowest BCUT2D eigenvalue weighted by Gasteiger charge is -2.18. The summed E-state index contributed by atoms with van der Waals surface area (Å²) in [4.78, 5) is 0. The van der Waals surface area contributed by atoms with Crippen molar-refractivity contribution in [3.63, 3.8) is 0 Å². The van der Waals surface area contributed by atoms with Crippen LogP contribution in [0.2, 0.25) is 0 Å². The number of hydrogen-bond acceptors (Lipinski definition) is 4. The quantitative estimate of drug-likeness (QED) is 0.691. The second-order valence-corrected chi connectivity index (χ2v) is 5.39. The molecule has 1 aliphatic carbocycles. The van der Waals surface area contributed by atoms with Gasteiger partial charge in [0.15, 0.2) is 8.38 Å². The monoisotopic (exact) mass is 280 g/mol. The van der Waals surface area contributed by atoms with Gasteiger partial charge in [-0.1, -0.05) is 13.8 Å². The van der Waals surface area contributed by atoms with Gasteiger partial charge in [0.25, 0.3) is 0 Å². The lowest BCUT2D eigenvalue weighted by atomic mass is 10.1. The summed E-state index contributed by atoms with van der Waals surface area (Å²) in [5.74, 6) is 0.426. The first-order chi connectivity index (χ1) is 8.80. The average Bonchev–Trinajstić information content (AvgIpc) is 2.87. The molecule has 0 amide bonds. The highest BCUT2D eigenvalue weighted by Crippen LogP contribution is 2.39.